The van der Waals surface area contributed by atoms with Gasteiger partial charge in [0.2, 0.25) is 5.75 Å². The number of likely N-dealkylation sites (N-methyl/N-ethyl adjacent to an activating group) is 1. The Labute approximate surface area is 210 Å². The molecule has 188 valence electrons. The summed E-state index contributed by atoms with van der Waals surface area (Å²) in [5, 5.41) is 0.653. The minimum Gasteiger partial charge on any atom is -0.497 e. The molecule has 0 aliphatic heterocycles. The van der Waals surface area contributed by atoms with Crippen LogP contribution in [0.4, 0.5) is 5.13 Å². The van der Waals surface area contributed by atoms with Crippen molar-refractivity contribution in [1.82, 2.24) is 9.88 Å². The van der Waals surface area contributed by atoms with Crippen LogP contribution in [-0.2, 0) is 4.79 Å². The molecule has 0 N–H and O–H groups in total. The van der Waals surface area contributed by atoms with Gasteiger partial charge in [-0.05, 0) is 55.1 Å². The lowest BCUT2D eigenvalue weighted by Crippen LogP contribution is -2.38. The van der Waals surface area contributed by atoms with E-state index in [4.69, 9.17) is 23.9 Å². The molecule has 1 heterocycles. The number of nitrogens with zero attached hydrogens (tertiary/aromatic N) is 3. The summed E-state index contributed by atoms with van der Waals surface area (Å²) in [6.07, 6.45) is 3.29. The lowest BCUT2D eigenvalue weighted by molar-refractivity contribution is -0.114. The fourth-order valence-electron chi connectivity index (χ4n) is 3.67. The third-order valence-electron chi connectivity index (χ3n) is 5.72. The number of hydrogen-bond acceptors (Lipinski definition) is 8. The number of thiazole rings is 1. The summed E-state index contributed by atoms with van der Waals surface area (Å²) < 4.78 is 22.5. The summed E-state index contributed by atoms with van der Waals surface area (Å²) in [6, 6.07) is 9.32. The molecule has 0 aliphatic carbocycles. The predicted octanol–water partition coefficient (Wildman–Crippen LogP) is 4.72. The Morgan fingerprint density at radius 3 is 2.20 bits per heavy atom. The molecule has 1 amide bonds. The molecule has 0 saturated heterocycles. The Hall–Kier alpha value is -3.30. The molecule has 35 heavy (non-hydrogen) atoms. The molecule has 0 spiro atoms. The molecule has 0 bridgehead atoms. The number of fused-ring (bicyclic) bond motifs is 1. The van der Waals surface area contributed by atoms with Crippen molar-refractivity contribution >= 4 is 38.7 Å². The van der Waals surface area contributed by atoms with E-state index >= 15 is 0 Å². The molecular formula is C26H33N3O5S. The fourth-order valence-corrected chi connectivity index (χ4v) is 4.70. The second-order valence-corrected chi connectivity index (χ2v) is 8.65. The molecule has 0 saturated carbocycles. The highest BCUT2D eigenvalue weighted by Crippen LogP contribution is 2.38. The first-order valence-corrected chi connectivity index (χ1v) is 12.3. The van der Waals surface area contributed by atoms with Crippen molar-refractivity contribution in [1.29, 1.82) is 0 Å². The van der Waals surface area contributed by atoms with Gasteiger partial charge in [0.25, 0.3) is 5.91 Å². The Morgan fingerprint density at radius 1 is 0.943 bits per heavy atom. The zero-order chi connectivity index (χ0) is 25.4. The molecule has 0 unspecified atom stereocenters. The molecule has 8 nitrogen and oxygen atoms in total. The summed E-state index contributed by atoms with van der Waals surface area (Å²) >= 11 is 1.47. The summed E-state index contributed by atoms with van der Waals surface area (Å²) in [5.74, 6) is 2.16. The van der Waals surface area contributed by atoms with Gasteiger partial charge in [-0.15, -0.1) is 0 Å². The zero-order valence-electron chi connectivity index (χ0n) is 21.2. The molecule has 0 atom stereocenters. The van der Waals surface area contributed by atoms with Crippen LogP contribution in [0, 0.1) is 0 Å². The highest BCUT2D eigenvalue weighted by Gasteiger charge is 2.19. The van der Waals surface area contributed by atoms with Crippen LogP contribution < -0.4 is 23.8 Å². The normalized spacial score (nSPS) is 11.3. The van der Waals surface area contributed by atoms with E-state index in [1.54, 1.807) is 57.6 Å². The van der Waals surface area contributed by atoms with Crippen molar-refractivity contribution < 1.29 is 23.7 Å². The lowest BCUT2D eigenvalue weighted by atomic mass is 10.1. The fraction of sp³-hybridized carbons (Fsp3) is 0.385. The molecule has 1 aromatic heterocycles. The SMILES string of the molecule is CCN(CC)CCN(C(=O)/C=C/c1cc(OC)c(OC)c(OC)c1)c1nc2ccc(OC)cc2s1. The molecule has 9 heteroatoms. The molecular weight excluding hydrogens is 466 g/mol. The second kappa shape index (κ2) is 12.4. The van der Waals surface area contributed by atoms with Gasteiger partial charge in [-0.25, -0.2) is 4.98 Å². The first-order chi connectivity index (χ1) is 17.0. The molecule has 3 rings (SSSR count). The van der Waals surface area contributed by atoms with E-state index in [2.05, 4.69) is 18.7 Å². The number of anilines is 1. The van der Waals surface area contributed by atoms with Crippen LogP contribution in [-0.4, -0.2) is 70.4 Å². The standard InChI is InChI=1S/C26H33N3O5S/c1-7-28(8-2)13-14-29(26-27-20-11-10-19(31-3)17-23(20)35-26)24(30)12-9-18-15-21(32-4)25(34-6)22(16-18)33-5/h9-12,15-17H,7-8,13-14H2,1-6H3/b12-9+. The van der Waals surface area contributed by atoms with Crippen molar-refractivity contribution in [2.75, 3.05) is 59.5 Å². The summed E-state index contributed by atoms with van der Waals surface area (Å²) in [7, 11) is 6.32. The van der Waals surface area contributed by atoms with Crippen molar-refractivity contribution in [2.45, 2.75) is 13.8 Å². The highest BCUT2D eigenvalue weighted by molar-refractivity contribution is 7.22. The summed E-state index contributed by atoms with van der Waals surface area (Å²) in [6.45, 7) is 7.33. The Balaban J connectivity index is 1.93. The third kappa shape index (κ3) is 6.23. The summed E-state index contributed by atoms with van der Waals surface area (Å²) in [5.41, 5.74) is 1.59. The number of rotatable bonds is 12. The first kappa shape index (κ1) is 26.3. The van der Waals surface area contributed by atoms with Crippen LogP contribution >= 0.6 is 11.3 Å². The van der Waals surface area contributed by atoms with E-state index in [-0.39, 0.29) is 5.91 Å². The minimum atomic E-state index is -0.156. The maximum absolute atomic E-state index is 13.4. The monoisotopic (exact) mass is 499 g/mol. The van der Waals surface area contributed by atoms with Gasteiger partial charge in [-0.3, -0.25) is 9.69 Å². The number of aromatic nitrogens is 1. The average Bonchev–Trinajstić information content (AvgIpc) is 3.31. The molecule has 2 aromatic carbocycles. The molecule has 0 fully saturated rings. The van der Waals surface area contributed by atoms with Crippen LogP contribution in [0.1, 0.15) is 19.4 Å². The van der Waals surface area contributed by atoms with E-state index in [9.17, 15) is 4.79 Å². The minimum absolute atomic E-state index is 0.156. The van der Waals surface area contributed by atoms with Crippen molar-refractivity contribution in [3.63, 3.8) is 0 Å². The van der Waals surface area contributed by atoms with Gasteiger partial charge in [-0.1, -0.05) is 25.2 Å². The number of ether oxygens (including phenoxy) is 4. The van der Waals surface area contributed by atoms with E-state index in [1.807, 2.05) is 18.2 Å². The Morgan fingerprint density at radius 2 is 1.63 bits per heavy atom. The van der Waals surface area contributed by atoms with Gasteiger partial charge in [0.15, 0.2) is 16.6 Å². The van der Waals surface area contributed by atoms with Gasteiger partial charge in [0, 0.05) is 19.2 Å². The van der Waals surface area contributed by atoms with E-state index < -0.39 is 0 Å². The first-order valence-electron chi connectivity index (χ1n) is 11.4. The van der Waals surface area contributed by atoms with Crippen LogP contribution in [0.3, 0.4) is 0 Å². The number of methoxy groups -OCH3 is 4. The maximum Gasteiger partial charge on any atom is 0.252 e. The number of hydrogen-bond donors (Lipinski definition) is 0. The number of benzene rings is 2. The predicted molar refractivity (Wildman–Crippen MR) is 141 cm³/mol. The number of amides is 1. The van der Waals surface area contributed by atoms with E-state index in [0.717, 1.165) is 41.2 Å². The largest absolute Gasteiger partial charge is 0.497 e. The van der Waals surface area contributed by atoms with Crippen LogP contribution in [0.25, 0.3) is 16.3 Å². The van der Waals surface area contributed by atoms with Gasteiger partial charge in [0.05, 0.1) is 38.7 Å². The number of carbonyl (C=O) groups is 1. The second-order valence-electron chi connectivity index (χ2n) is 7.64. The topological polar surface area (TPSA) is 73.4 Å². The zero-order valence-corrected chi connectivity index (χ0v) is 22.0. The van der Waals surface area contributed by atoms with Gasteiger partial charge in [-0.2, -0.15) is 0 Å². The van der Waals surface area contributed by atoms with E-state index in [1.165, 1.54) is 11.3 Å². The van der Waals surface area contributed by atoms with Crippen molar-refractivity contribution in [3.05, 3.63) is 42.0 Å². The van der Waals surface area contributed by atoms with Crippen molar-refractivity contribution in [3.8, 4) is 23.0 Å². The lowest BCUT2D eigenvalue weighted by Gasteiger charge is -2.23. The van der Waals surface area contributed by atoms with Crippen molar-refractivity contribution in [2.24, 2.45) is 0 Å². The Kier molecular flexibility index (Phi) is 9.33. The molecule has 0 radical (unpaired) electrons. The highest BCUT2D eigenvalue weighted by atomic mass is 32.1. The quantitative estimate of drug-likeness (QED) is 0.334. The average molecular weight is 500 g/mol. The van der Waals surface area contributed by atoms with Crippen LogP contribution in [0.15, 0.2) is 36.4 Å². The smallest absolute Gasteiger partial charge is 0.252 e. The van der Waals surface area contributed by atoms with Gasteiger partial charge in [0.1, 0.15) is 5.75 Å². The van der Waals surface area contributed by atoms with Gasteiger partial charge < -0.3 is 23.8 Å². The number of carbonyl (C=O) groups excluding carboxylic acids is 1. The van der Waals surface area contributed by atoms with Gasteiger partial charge >= 0.3 is 0 Å². The van der Waals surface area contributed by atoms with Crippen LogP contribution in [0.5, 0.6) is 23.0 Å². The summed E-state index contributed by atoms with van der Waals surface area (Å²) in [4.78, 5) is 22.1. The van der Waals surface area contributed by atoms with Crippen LogP contribution in [0.2, 0.25) is 0 Å². The molecule has 0 aliphatic rings. The third-order valence-corrected chi connectivity index (χ3v) is 6.76. The Bertz CT molecular complexity index is 1150. The van der Waals surface area contributed by atoms with E-state index in [0.29, 0.717) is 28.9 Å². The maximum atomic E-state index is 13.4. The molecule has 3 aromatic rings.